The summed E-state index contributed by atoms with van der Waals surface area (Å²) in [4.78, 5) is 14.9. The number of rotatable bonds is 7. The number of carbonyl (C=O) groups excluding carboxylic acids is 1. The maximum atomic E-state index is 13.1. The van der Waals surface area contributed by atoms with E-state index in [2.05, 4.69) is 52.9 Å². The highest BCUT2D eigenvalue weighted by Crippen LogP contribution is 2.27. The van der Waals surface area contributed by atoms with Crippen LogP contribution >= 0.6 is 11.8 Å². The molecule has 7 heteroatoms. The molecule has 162 valence electrons. The molecule has 0 unspecified atom stereocenters. The smallest absolute Gasteiger partial charge is 0.254 e. The molecule has 1 aliphatic rings. The van der Waals surface area contributed by atoms with Crippen LogP contribution in [-0.2, 0) is 17.0 Å². The standard InChI is InChI=1S/C24H28N4O2S/c1-18(2)22-25-26-24(28(22)16-19-8-4-3-5-9-19)31-17-20-10-6-7-11-21(20)23(29)27-12-14-30-15-13-27/h3-11,18H,12-17H2,1-2H3. The van der Waals surface area contributed by atoms with Gasteiger partial charge >= 0.3 is 0 Å². The lowest BCUT2D eigenvalue weighted by Crippen LogP contribution is -2.41. The van der Waals surface area contributed by atoms with E-state index in [0.29, 0.717) is 32.1 Å². The summed E-state index contributed by atoms with van der Waals surface area (Å²) in [6.45, 7) is 7.49. The Morgan fingerprint density at radius 2 is 1.74 bits per heavy atom. The largest absolute Gasteiger partial charge is 0.378 e. The minimum Gasteiger partial charge on any atom is -0.378 e. The molecule has 6 nitrogen and oxygen atoms in total. The number of hydrogen-bond donors (Lipinski definition) is 0. The van der Waals surface area contributed by atoms with Crippen molar-refractivity contribution < 1.29 is 9.53 Å². The Morgan fingerprint density at radius 3 is 2.48 bits per heavy atom. The van der Waals surface area contributed by atoms with Gasteiger partial charge in [0.15, 0.2) is 5.16 Å². The summed E-state index contributed by atoms with van der Waals surface area (Å²) in [5.41, 5.74) is 2.99. The molecule has 4 rings (SSSR count). The van der Waals surface area contributed by atoms with E-state index in [4.69, 9.17) is 4.74 Å². The Morgan fingerprint density at radius 1 is 1.03 bits per heavy atom. The predicted molar refractivity (Wildman–Crippen MR) is 122 cm³/mol. The topological polar surface area (TPSA) is 60.3 Å². The van der Waals surface area contributed by atoms with Crippen molar-refractivity contribution >= 4 is 17.7 Å². The molecule has 1 aliphatic heterocycles. The zero-order valence-electron chi connectivity index (χ0n) is 18.0. The molecule has 0 aliphatic carbocycles. The second-order valence-corrected chi connectivity index (χ2v) is 8.86. The zero-order chi connectivity index (χ0) is 21.6. The van der Waals surface area contributed by atoms with Gasteiger partial charge in [-0.05, 0) is 17.2 Å². The number of nitrogens with zero attached hydrogens (tertiary/aromatic N) is 4. The van der Waals surface area contributed by atoms with Crippen LogP contribution in [-0.4, -0.2) is 51.9 Å². The van der Waals surface area contributed by atoms with Gasteiger partial charge in [-0.1, -0.05) is 74.1 Å². The van der Waals surface area contributed by atoms with Crippen molar-refractivity contribution in [2.24, 2.45) is 0 Å². The molecule has 1 aromatic heterocycles. The first-order valence-electron chi connectivity index (χ1n) is 10.7. The van der Waals surface area contributed by atoms with Crippen molar-refractivity contribution in [1.29, 1.82) is 0 Å². The van der Waals surface area contributed by atoms with E-state index in [1.165, 1.54) is 5.56 Å². The van der Waals surface area contributed by atoms with Gasteiger partial charge in [0.05, 0.1) is 19.8 Å². The number of thioether (sulfide) groups is 1. The number of morpholine rings is 1. The molecule has 0 radical (unpaired) electrons. The van der Waals surface area contributed by atoms with Gasteiger partial charge in [-0.3, -0.25) is 4.79 Å². The summed E-state index contributed by atoms with van der Waals surface area (Å²) in [6.07, 6.45) is 0. The molecular weight excluding hydrogens is 408 g/mol. The minimum atomic E-state index is 0.0770. The van der Waals surface area contributed by atoms with E-state index in [9.17, 15) is 4.79 Å². The van der Waals surface area contributed by atoms with Crippen LogP contribution in [0, 0.1) is 0 Å². The van der Waals surface area contributed by atoms with E-state index in [1.54, 1.807) is 11.8 Å². The lowest BCUT2D eigenvalue weighted by molar-refractivity contribution is 0.0302. The normalized spacial score (nSPS) is 14.2. The van der Waals surface area contributed by atoms with Gasteiger partial charge in [0.2, 0.25) is 0 Å². The van der Waals surface area contributed by atoms with E-state index >= 15 is 0 Å². The molecule has 31 heavy (non-hydrogen) atoms. The number of hydrogen-bond acceptors (Lipinski definition) is 5. The summed E-state index contributed by atoms with van der Waals surface area (Å²) < 4.78 is 7.58. The summed E-state index contributed by atoms with van der Waals surface area (Å²) in [6, 6.07) is 18.2. The Balaban J connectivity index is 1.54. The molecule has 0 atom stereocenters. The van der Waals surface area contributed by atoms with Gasteiger partial charge in [-0.25, -0.2) is 0 Å². The van der Waals surface area contributed by atoms with Gasteiger partial charge < -0.3 is 14.2 Å². The fraction of sp³-hybridized carbons (Fsp3) is 0.375. The van der Waals surface area contributed by atoms with Crippen LogP contribution in [0.4, 0.5) is 0 Å². The Kier molecular flexibility index (Phi) is 7.04. The van der Waals surface area contributed by atoms with Crippen molar-refractivity contribution in [3.05, 3.63) is 77.1 Å². The zero-order valence-corrected chi connectivity index (χ0v) is 18.8. The first-order valence-corrected chi connectivity index (χ1v) is 11.7. The second-order valence-electron chi connectivity index (χ2n) is 7.92. The molecular formula is C24H28N4O2S. The van der Waals surface area contributed by atoms with Crippen molar-refractivity contribution in [2.45, 2.75) is 37.2 Å². The third kappa shape index (κ3) is 5.17. The first kappa shape index (κ1) is 21.6. The second kappa shape index (κ2) is 10.1. The summed E-state index contributed by atoms with van der Waals surface area (Å²) in [5.74, 6) is 2.00. The fourth-order valence-corrected chi connectivity index (χ4v) is 4.63. The summed E-state index contributed by atoms with van der Waals surface area (Å²) in [7, 11) is 0. The van der Waals surface area contributed by atoms with E-state index in [1.807, 2.05) is 35.2 Å². The number of carbonyl (C=O) groups is 1. The Hall–Kier alpha value is -2.64. The molecule has 3 aromatic rings. The third-order valence-electron chi connectivity index (χ3n) is 5.35. The molecule has 2 heterocycles. The van der Waals surface area contributed by atoms with Crippen molar-refractivity contribution in [3.8, 4) is 0 Å². The molecule has 2 aromatic carbocycles. The van der Waals surface area contributed by atoms with Crippen LogP contribution in [0.15, 0.2) is 59.8 Å². The first-order chi connectivity index (χ1) is 15.1. The molecule has 0 bridgehead atoms. The van der Waals surface area contributed by atoms with Crippen molar-refractivity contribution in [3.63, 3.8) is 0 Å². The van der Waals surface area contributed by atoms with Crippen LogP contribution in [0.2, 0.25) is 0 Å². The molecule has 0 spiro atoms. The average molecular weight is 437 g/mol. The van der Waals surface area contributed by atoms with Gasteiger partial charge in [0, 0.05) is 30.3 Å². The quantitative estimate of drug-likeness (QED) is 0.519. The monoisotopic (exact) mass is 436 g/mol. The van der Waals surface area contributed by atoms with Crippen molar-refractivity contribution in [1.82, 2.24) is 19.7 Å². The highest BCUT2D eigenvalue weighted by atomic mass is 32.2. The summed E-state index contributed by atoms with van der Waals surface area (Å²) >= 11 is 1.63. The Labute approximate surface area is 187 Å². The molecule has 0 saturated carbocycles. The number of benzene rings is 2. The lowest BCUT2D eigenvalue weighted by atomic mass is 10.1. The van der Waals surface area contributed by atoms with Crippen LogP contribution in [0.1, 0.15) is 47.1 Å². The van der Waals surface area contributed by atoms with Crippen LogP contribution in [0.25, 0.3) is 0 Å². The minimum absolute atomic E-state index is 0.0770. The summed E-state index contributed by atoms with van der Waals surface area (Å²) in [5, 5.41) is 9.81. The van der Waals surface area contributed by atoms with E-state index in [-0.39, 0.29) is 11.8 Å². The highest BCUT2D eigenvalue weighted by Gasteiger charge is 2.22. The van der Waals surface area contributed by atoms with Gasteiger partial charge in [0.25, 0.3) is 5.91 Å². The highest BCUT2D eigenvalue weighted by molar-refractivity contribution is 7.98. The molecule has 1 fully saturated rings. The molecule has 0 N–H and O–H groups in total. The van der Waals surface area contributed by atoms with Crippen molar-refractivity contribution in [2.75, 3.05) is 26.3 Å². The molecule has 1 amide bonds. The van der Waals surface area contributed by atoms with E-state index < -0.39 is 0 Å². The lowest BCUT2D eigenvalue weighted by Gasteiger charge is -2.27. The van der Waals surface area contributed by atoms with Gasteiger partial charge in [-0.15, -0.1) is 10.2 Å². The third-order valence-corrected chi connectivity index (χ3v) is 6.36. The van der Waals surface area contributed by atoms with Crippen LogP contribution in [0.5, 0.6) is 0 Å². The fourth-order valence-electron chi connectivity index (χ4n) is 3.68. The molecule has 1 saturated heterocycles. The van der Waals surface area contributed by atoms with E-state index in [0.717, 1.165) is 28.7 Å². The number of ether oxygens (including phenoxy) is 1. The van der Waals surface area contributed by atoms with Crippen LogP contribution < -0.4 is 0 Å². The number of amides is 1. The SMILES string of the molecule is CC(C)c1nnc(SCc2ccccc2C(=O)N2CCOCC2)n1Cc1ccccc1. The predicted octanol–water partition coefficient (Wildman–Crippen LogP) is 4.21. The average Bonchev–Trinajstić information content (AvgIpc) is 3.21. The number of aromatic nitrogens is 3. The maximum Gasteiger partial charge on any atom is 0.254 e. The van der Waals surface area contributed by atoms with Crippen LogP contribution in [0.3, 0.4) is 0 Å². The maximum absolute atomic E-state index is 13.1. The Bertz CT molecular complexity index is 1010. The van der Waals surface area contributed by atoms with Gasteiger partial charge in [-0.2, -0.15) is 0 Å². The van der Waals surface area contributed by atoms with Gasteiger partial charge in [0.1, 0.15) is 5.82 Å².